The molecule has 0 bridgehead atoms. The number of aliphatic carboxylic acids is 1. The lowest BCUT2D eigenvalue weighted by Crippen LogP contribution is -2.36. The van der Waals surface area contributed by atoms with Gasteiger partial charge in [0.2, 0.25) is 5.91 Å². The first-order valence-electron chi connectivity index (χ1n) is 4.95. The first-order chi connectivity index (χ1) is 8.47. The molecule has 5 nitrogen and oxygen atoms in total. The first-order valence-corrected chi connectivity index (χ1v) is 7.32. The maximum atomic E-state index is 12.0. The Kier molecular flexibility index (Phi) is 4.28. The summed E-state index contributed by atoms with van der Waals surface area (Å²) in [5.41, 5.74) is 0. The molecular formula is C10H8INO4S2. The Labute approximate surface area is 126 Å². The maximum absolute atomic E-state index is 12.0. The van der Waals surface area contributed by atoms with E-state index in [-0.39, 0.29) is 12.5 Å². The van der Waals surface area contributed by atoms with Gasteiger partial charge in [-0.1, -0.05) is 24.0 Å². The highest BCUT2D eigenvalue weighted by atomic mass is 127. The third-order valence-electron chi connectivity index (χ3n) is 2.31. The molecule has 0 aliphatic carbocycles. The van der Waals surface area contributed by atoms with Crippen LogP contribution in [0, 0.1) is 3.77 Å². The number of halogens is 1. The molecular weight excluding hydrogens is 389 g/mol. The number of rotatable bonds is 4. The Morgan fingerprint density at radius 2 is 2.33 bits per heavy atom. The summed E-state index contributed by atoms with van der Waals surface area (Å²) >= 11 is 8.26. The van der Waals surface area contributed by atoms with Crippen molar-refractivity contribution in [3.63, 3.8) is 0 Å². The van der Waals surface area contributed by atoms with Crippen LogP contribution >= 0.6 is 46.6 Å². The highest BCUT2D eigenvalue weighted by Crippen LogP contribution is 2.30. The molecule has 96 valence electrons. The van der Waals surface area contributed by atoms with Crippen molar-refractivity contribution in [1.82, 2.24) is 4.90 Å². The highest BCUT2D eigenvalue weighted by molar-refractivity contribution is 14.1. The smallest absolute Gasteiger partial charge is 0.323 e. The molecule has 1 fully saturated rings. The lowest BCUT2D eigenvalue weighted by molar-refractivity contribution is -0.141. The predicted molar refractivity (Wildman–Crippen MR) is 78.5 cm³/mol. The summed E-state index contributed by atoms with van der Waals surface area (Å²) in [6, 6.07) is 3.62. The van der Waals surface area contributed by atoms with Crippen LogP contribution in [0.4, 0.5) is 0 Å². The summed E-state index contributed by atoms with van der Waals surface area (Å²) in [5, 5.41) is 8.32. The summed E-state index contributed by atoms with van der Waals surface area (Å²) in [6.07, 6.45) is 0.419. The van der Waals surface area contributed by atoms with Crippen LogP contribution in [0.3, 0.4) is 0 Å². The molecule has 1 aromatic rings. The highest BCUT2D eigenvalue weighted by Gasteiger charge is 2.38. The van der Waals surface area contributed by atoms with Crippen LogP contribution in [-0.2, 0) is 16.0 Å². The van der Waals surface area contributed by atoms with Crippen molar-refractivity contribution in [3.8, 4) is 0 Å². The van der Waals surface area contributed by atoms with Gasteiger partial charge in [-0.2, -0.15) is 0 Å². The number of carbonyl (C=O) groups is 2. The zero-order valence-corrected chi connectivity index (χ0v) is 12.8. The van der Waals surface area contributed by atoms with Crippen molar-refractivity contribution in [3.05, 3.63) is 21.7 Å². The van der Waals surface area contributed by atoms with Crippen LogP contribution in [-0.4, -0.2) is 38.0 Å². The fourth-order valence-electron chi connectivity index (χ4n) is 1.55. The van der Waals surface area contributed by atoms with Gasteiger partial charge in [0.1, 0.15) is 16.6 Å². The van der Waals surface area contributed by atoms with Gasteiger partial charge in [0.25, 0.3) is 0 Å². The van der Waals surface area contributed by atoms with Crippen LogP contribution < -0.4 is 0 Å². The number of carboxylic acids is 1. The lowest BCUT2D eigenvalue weighted by atomic mass is 10.2. The van der Waals surface area contributed by atoms with Gasteiger partial charge < -0.3 is 9.52 Å². The number of amides is 1. The summed E-state index contributed by atoms with van der Waals surface area (Å²) in [7, 11) is 0. The van der Waals surface area contributed by atoms with Gasteiger partial charge in [0.05, 0.1) is 5.25 Å². The quantitative estimate of drug-likeness (QED) is 0.617. The van der Waals surface area contributed by atoms with E-state index in [0.717, 1.165) is 8.67 Å². The summed E-state index contributed by atoms with van der Waals surface area (Å²) < 4.78 is 6.45. The molecule has 2 rings (SSSR count). The van der Waals surface area contributed by atoms with E-state index in [0.29, 0.717) is 16.5 Å². The fraction of sp³-hybridized carbons (Fsp3) is 0.300. The number of thioether (sulfide) groups is 1. The molecule has 18 heavy (non-hydrogen) atoms. The van der Waals surface area contributed by atoms with Gasteiger partial charge in [-0.05, 0) is 34.7 Å². The molecule has 8 heteroatoms. The molecule has 1 unspecified atom stereocenters. The van der Waals surface area contributed by atoms with Gasteiger partial charge in [0.15, 0.2) is 3.77 Å². The molecule has 0 aromatic carbocycles. The number of hydrogen-bond acceptors (Lipinski definition) is 5. The first kappa shape index (κ1) is 13.8. The minimum Gasteiger partial charge on any atom is -0.480 e. The average molecular weight is 397 g/mol. The number of hydrogen-bond donors (Lipinski definition) is 1. The van der Waals surface area contributed by atoms with Crippen LogP contribution in [0.15, 0.2) is 16.5 Å². The van der Waals surface area contributed by atoms with Crippen molar-refractivity contribution >= 4 is 62.8 Å². The molecule has 1 aliphatic heterocycles. The monoisotopic (exact) mass is 397 g/mol. The van der Waals surface area contributed by atoms with Crippen LogP contribution in [0.25, 0.3) is 0 Å². The SMILES string of the molecule is O=C(O)CN1C(=O)C(Cc2ccc(I)o2)SC1=S. The fourth-order valence-corrected chi connectivity index (χ4v) is 3.52. The lowest BCUT2D eigenvalue weighted by Gasteiger charge is -2.11. The second kappa shape index (κ2) is 5.57. The normalized spacial score (nSPS) is 19.6. The molecule has 0 radical (unpaired) electrons. The Balaban J connectivity index is 2.06. The summed E-state index contributed by atoms with van der Waals surface area (Å²) in [5.74, 6) is -0.636. The second-order valence-electron chi connectivity index (χ2n) is 3.60. The molecule has 0 spiro atoms. The van der Waals surface area contributed by atoms with E-state index in [1.807, 2.05) is 28.7 Å². The number of thiocarbonyl (C=S) groups is 1. The Bertz CT molecular complexity index is 516. The van der Waals surface area contributed by atoms with Gasteiger partial charge in [-0.25, -0.2) is 0 Å². The molecule has 1 atom stereocenters. The molecule has 1 N–H and O–H groups in total. The topological polar surface area (TPSA) is 70.8 Å². The minimum absolute atomic E-state index is 0.265. The van der Waals surface area contributed by atoms with Crippen LogP contribution in [0.2, 0.25) is 0 Å². The molecule has 1 aliphatic rings. The second-order valence-corrected chi connectivity index (χ2v) is 6.50. The van der Waals surface area contributed by atoms with Gasteiger partial charge >= 0.3 is 5.97 Å². The Hall–Kier alpha value is -0.610. The van der Waals surface area contributed by atoms with Crippen molar-refractivity contribution in [2.45, 2.75) is 11.7 Å². The van der Waals surface area contributed by atoms with E-state index in [2.05, 4.69) is 0 Å². The van der Waals surface area contributed by atoms with E-state index in [1.54, 1.807) is 6.07 Å². The third-order valence-corrected chi connectivity index (χ3v) is 4.48. The van der Waals surface area contributed by atoms with E-state index in [4.69, 9.17) is 21.7 Å². The molecule has 1 aromatic heterocycles. The van der Waals surface area contributed by atoms with Gasteiger partial charge in [0, 0.05) is 6.42 Å². The van der Waals surface area contributed by atoms with Crippen molar-refractivity contribution in [1.29, 1.82) is 0 Å². The van der Waals surface area contributed by atoms with Crippen LogP contribution in [0.5, 0.6) is 0 Å². The minimum atomic E-state index is -1.07. The molecule has 1 saturated heterocycles. The summed E-state index contributed by atoms with van der Waals surface area (Å²) in [4.78, 5) is 23.7. The van der Waals surface area contributed by atoms with E-state index >= 15 is 0 Å². The van der Waals surface area contributed by atoms with Gasteiger partial charge in [-0.15, -0.1) is 0 Å². The Morgan fingerprint density at radius 1 is 1.61 bits per heavy atom. The maximum Gasteiger partial charge on any atom is 0.323 e. The molecule has 0 saturated carbocycles. The van der Waals surface area contributed by atoms with Gasteiger partial charge in [-0.3, -0.25) is 14.5 Å². The molecule has 1 amide bonds. The van der Waals surface area contributed by atoms with Crippen molar-refractivity contribution in [2.24, 2.45) is 0 Å². The zero-order chi connectivity index (χ0) is 13.3. The largest absolute Gasteiger partial charge is 0.480 e. The van der Waals surface area contributed by atoms with E-state index in [9.17, 15) is 9.59 Å². The van der Waals surface area contributed by atoms with Crippen molar-refractivity contribution in [2.75, 3.05) is 6.54 Å². The number of carbonyl (C=O) groups excluding carboxylic acids is 1. The number of nitrogens with zero attached hydrogens (tertiary/aromatic N) is 1. The average Bonchev–Trinajstić information content (AvgIpc) is 2.78. The number of carboxylic acid groups (broad SMARTS) is 1. The van der Waals surface area contributed by atoms with Crippen molar-refractivity contribution < 1.29 is 19.1 Å². The molecule has 2 heterocycles. The predicted octanol–water partition coefficient (Wildman–Crippen LogP) is 1.74. The van der Waals surface area contributed by atoms with E-state index < -0.39 is 11.2 Å². The Morgan fingerprint density at radius 3 is 2.89 bits per heavy atom. The van der Waals surface area contributed by atoms with E-state index in [1.165, 1.54) is 11.8 Å². The van der Waals surface area contributed by atoms with Crippen LogP contribution in [0.1, 0.15) is 5.76 Å². The number of furan rings is 1. The third kappa shape index (κ3) is 3.04. The standard InChI is InChI=1S/C10H8INO4S2/c11-7-2-1-5(16-7)3-6-9(15)12(4-8(13)14)10(17)18-6/h1-2,6H,3-4H2,(H,13,14). The summed E-state index contributed by atoms with van der Waals surface area (Å²) in [6.45, 7) is -0.378. The zero-order valence-electron chi connectivity index (χ0n) is 8.96.